The van der Waals surface area contributed by atoms with E-state index in [1.165, 1.54) is 17.9 Å². The second-order valence-corrected chi connectivity index (χ2v) is 8.32. The smallest absolute Gasteiger partial charge is 0.419 e. The molecular formula is C23H21N5O4. The molecule has 3 aromatic heterocycles. The van der Waals surface area contributed by atoms with Gasteiger partial charge in [0, 0.05) is 17.8 Å². The van der Waals surface area contributed by atoms with Crippen LogP contribution in [-0.4, -0.2) is 44.1 Å². The zero-order valence-corrected chi connectivity index (χ0v) is 18.3. The van der Waals surface area contributed by atoms with E-state index in [9.17, 15) is 9.59 Å². The number of imidazole rings is 1. The van der Waals surface area contributed by atoms with E-state index in [0.717, 1.165) is 5.56 Å². The quantitative estimate of drug-likeness (QED) is 0.484. The van der Waals surface area contributed by atoms with Gasteiger partial charge in [0.2, 0.25) is 5.78 Å². The number of carbonyl (C=O) groups is 2. The van der Waals surface area contributed by atoms with Crippen molar-refractivity contribution in [3.63, 3.8) is 0 Å². The maximum atomic E-state index is 13.5. The van der Waals surface area contributed by atoms with Crippen molar-refractivity contribution in [2.24, 2.45) is 0 Å². The Labute approximate surface area is 183 Å². The van der Waals surface area contributed by atoms with Gasteiger partial charge >= 0.3 is 6.09 Å². The van der Waals surface area contributed by atoms with Crippen molar-refractivity contribution in [3.8, 4) is 11.8 Å². The molecule has 32 heavy (non-hydrogen) atoms. The zero-order valence-electron chi connectivity index (χ0n) is 18.3. The summed E-state index contributed by atoms with van der Waals surface area (Å²) in [5.74, 6) is -0.0191. The van der Waals surface area contributed by atoms with Crippen LogP contribution in [0.3, 0.4) is 0 Å². The third-order valence-electron chi connectivity index (χ3n) is 4.84. The molecule has 0 spiro atoms. The van der Waals surface area contributed by atoms with Gasteiger partial charge < -0.3 is 14.5 Å². The number of ether oxygens (including phenoxy) is 2. The Hall–Kier alpha value is -4.19. The number of hydrogen-bond donors (Lipinski definition) is 1. The fourth-order valence-electron chi connectivity index (χ4n) is 3.55. The van der Waals surface area contributed by atoms with E-state index in [1.807, 2.05) is 13.0 Å². The zero-order chi connectivity index (χ0) is 23.2. The second kappa shape index (κ2) is 7.50. The lowest BCUT2D eigenvalue weighted by Gasteiger charge is -2.20. The molecule has 9 heteroatoms. The van der Waals surface area contributed by atoms with Crippen LogP contribution in [0.5, 0.6) is 5.75 Å². The Balaban J connectivity index is 1.88. The topological polar surface area (TPSA) is 123 Å². The van der Waals surface area contributed by atoms with Gasteiger partial charge in [-0.05, 0) is 51.5 Å². The van der Waals surface area contributed by atoms with Gasteiger partial charge in [0.15, 0.2) is 11.5 Å². The van der Waals surface area contributed by atoms with Crippen LogP contribution in [0, 0.1) is 18.3 Å². The lowest BCUT2D eigenvalue weighted by atomic mass is 10.0. The molecule has 3 heterocycles. The number of fused-ring (bicyclic) bond motifs is 2. The summed E-state index contributed by atoms with van der Waals surface area (Å²) >= 11 is 0. The van der Waals surface area contributed by atoms with Gasteiger partial charge in [0.05, 0.1) is 29.3 Å². The Morgan fingerprint density at radius 3 is 2.66 bits per heavy atom. The van der Waals surface area contributed by atoms with Crippen LogP contribution in [0.4, 0.5) is 4.79 Å². The average Bonchev–Trinajstić information content (AvgIpc) is 3.36. The van der Waals surface area contributed by atoms with Crippen molar-refractivity contribution >= 4 is 33.9 Å². The van der Waals surface area contributed by atoms with Gasteiger partial charge in [-0.25, -0.2) is 14.8 Å². The molecule has 1 N–H and O–H groups in total. The van der Waals surface area contributed by atoms with Crippen molar-refractivity contribution in [1.82, 2.24) is 19.5 Å². The van der Waals surface area contributed by atoms with Gasteiger partial charge in [-0.1, -0.05) is 0 Å². The van der Waals surface area contributed by atoms with Crippen molar-refractivity contribution in [2.45, 2.75) is 33.3 Å². The number of nitrogens with zero attached hydrogens (tertiary/aromatic N) is 4. The summed E-state index contributed by atoms with van der Waals surface area (Å²) in [4.78, 5) is 37.6. The highest BCUT2D eigenvalue weighted by molar-refractivity contribution is 6.18. The number of aryl methyl sites for hydroxylation is 1. The summed E-state index contributed by atoms with van der Waals surface area (Å²) in [5, 5.41) is 9.60. The van der Waals surface area contributed by atoms with Crippen LogP contribution in [-0.2, 0) is 4.74 Å². The van der Waals surface area contributed by atoms with E-state index < -0.39 is 17.5 Å². The number of methoxy groups -OCH3 is 1. The molecule has 9 nitrogen and oxygen atoms in total. The number of H-pyrrole nitrogens is 1. The van der Waals surface area contributed by atoms with Gasteiger partial charge in [-0.3, -0.25) is 9.36 Å². The Kier molecular flexibility index (Phi) is 4.93. The molecule has 0 aliphatic carbocycles. The summed E-state index contributed by atoms with van der Waals surface area (Å²) in [6, 6.07) is 6.96. The Bertz CT molecular complexity index is 1430. The Morgan fingerprint density at radius 1 is 1.25 bits per heavy atom. The van der Waals surface area contributed by atoms with E-state index in [1.54, 1.807) is 45.2 Å². The predicted molar refractivity (Wildman–Crippen MR) is 117 cm³/mol. The molecule has 162 valence electrons. The maximum absolute atomic E-state index is 13.5. The molecule has 0 aliphatic heterocycles. The third kappa shape index (κ3) is 3.56. The first-order valence-electron chi connectivity index (χ1n) is 9.85. The number of pyridine rings is 1. The molecular weight excluding hydrogens is 410 g/mol. The van der Waals surface area contributed by atoms with Crippen molar-refractivity contribution < 1.29 is 19.1 Å². The normalized spacial score (nSPS) is 11.5. The summed E-state index contributed by atoms with van der Waals surface area (Å²) in [6.07, 6.45) is 2.42. The number of aromatic amines is 1. The number of nitrogens with one attached hydrogen (secondary N) is 1. The SMILES string of the molecule is COc1cc(C)c2c(ccn2C(=O)OC(C)(C)C)c1C(=O)c1nc2ncc(C#N)cc2[nH]1. The van der Waals surface area contributed by atoms with Gasteiger partial charge in [0.25, 0.3) is 0 Å². The van der Waals surface area contributed by atoms with E-state index in [-0.39, 0.29) is 11.4 Å². The molecule has 0 atom stereocenters. The van der Waals surface area contributed by atoms with Gasteiger partial charge in [0.1, 0.15) is 17.4 Å². The lowest BCUT2D eigenvalue weighted by molar-refractivity contribution is 0.0544. The number of carbonyl (C=O) groups excluding carboxylic acids is 2. The Morgan fingerprint density at radius 2 is 2.00 bits per heavy atom. The van der Waals surface area contributed by atoms with E-state index in [4.69, 9.17) is 14.7 Å². The van der Waals surface area contributed by atoms with Crippen LogP contribution >= 0.6 is 0 Å². The number of ketones is 1. The van der Waals surface area contributed by atoms with Crippen LogP contribution in [0.25, 0.3) is 22.1 Å². The largest absolute Gasteiger partial charge is 0.496 e. The second-order valence-electron chi connectivity index (χ2n) is 8.32. The van der Waals surface area contributed by atoms with Crippen LogP contribution in [0.15, 0.2) is 30.6 Å². The number of rotatable bonds is 3. The fraction of sp³-hybridized carbons (Fsp3) is 0.261. The van der Waals surface area contributed by atoms with Gasteiger partial charge in [-0.15, -0.1) is 0 Å². The first-order valence-corrected chi connectivity index (χ1v) is 9.85. The summed E-state index contributed by atoms with van der Waals surface area (Å²) in [6.45, 7) is 7.19. The lowest BCUT2D eigenvalue weighted by Crippen LogP contribution is -2.26. The van der Waals surface area contributed by atoms with Crippen LogP contribution in [0.1, 0.15) is 48.1 Å². The average molecular weight is 431 g/mol. The molecule has 0 saturated heterocycles. The summed E-state index contributed by atoms with van der Waals surface area (Å²) < 4.78 is 12.4. The minimum Gasteiger partial charge on any atom is -0.496 e. The molecule has 0 bridgehead atoms. The summed E-state index contributed by atoms with van der Waals surface area (Å²) in [7, 11) is 1.47. The fourth-order valence-corrected chi connectivity index (χ4v) is 3.55. The molecule has 0 amide bonds. The molecule has 0 radical (unpaired) electrons. The minimum atomic E-state index is -0.670. The monoisotopic (exact) mass is 431 g/mol. The molecule has 1 aromatic carbocycles. The number of hydrogen-bond acceptors (Lipinski definition) is 7. The van der Waals surface area contributed by atoms with Crippen LogP contribution in [0.2, 0.25) is 0 Å². The van der Waals surface area contributed by atoms with Crippen molar-refractivity contribution in [2.75, 3.05) is 7.11 Å². The highest BCUT2D eigenvalue weighted by Crippen LogP contribution is 2.34. The third-order valence-corrected chi connectivity index (χ3v) is 4.84. The molecule has 0 fully saturated rings. The number of aromatic nitrogens is 4. The molecule has 0 unspecified atom stereocenters. The molecule has 0 aliphatic rings. The number of nitriles is 1. The van der Waals surface area contributed by atoms with E-state index >= 15 is 0 Å². The highest BCUT2D eigenvalue weighted by atomic mass is 16.6. The maximum Gasteiger partial charge on any atom is 0.419 e. The van der Waals surface area contributed by atoms with Crippen molar-refractivity contribution in [1.29, 1.82) is 5.26 Å². The highest BCUT2D eigenvalue weighted by Gasteiger charge is 2.26. The minimum absolute atomic E-state index is 0.0519. The predicted octanol–water partition coefficient (Wildman–Crippen LogP) is 4.12. The van der Waals surface area contributed by atoms with Gasteiger partial charge in [-0.2, -0.15) is 5.26 Å². The van der Waals surface area contributed by atoms with E-state index in [0.29, 0.717) is 33.4 Å². The first-order chi connectivity index (χ1) is 15.1. The van der Waals surface area contributed by atoms with Crippen LogP contribution < -0.4 is 4.74 Å². The standard InChI is InChI=1S/C23H21N5O4/c1-12-8-16(31-5)17(14-6-7-28(18(12)14)22(30)32-23(2,3)4)19(29)21-26-15-9-13(10-24)11-25-20(15)27-21/h6-9,11H,1-5H3,(H,25,26,27). The first kappa shape index (κ1) is 21.1. The molecule has 0 saturated carbocycles. The molecule has 4 aromatic rings. The number of benzene rings is 1. The molecule has 4 rings (SSSR count). The summed E-state index contributed by atoms with van der Waals surface area (Å²) in [5.41, 5.74) is 2.02. The van der Waals surface area contributed by atoms with Crippen molar-refractivity contribution in [3.05, 3.63) is 53.1 Å². The van der Waals surface area contributed by atoms with E-state index in [2.05, 4.69) is 15.0 Å².